The fraction of sp³-hybridized carbons (Fsp3) is 0.458. The van der Waals surface area contributed by atoms with Gasteiger partial charge in [0.1, 0.15) is 11.9 Å². The molecule has 1 atom stereocenters. The highest BCUT2D eigenvalue weighted by Crippen LogP contribution is 2.27. The summed E-state index contributed by atoms with van der Waals surface area (Å²) >= 11 is 6.42. The van der Waals surface area contributed by atoms with Crippen LogP contribution < -0.4 is 4.74 Å². The molecule has 0 radical (unpaired) electrons. The van der Waals surface area contributed by atoms with E-state index >= 15 is 0 Å². The highest BCUT2D eigenvalue weighted by molar-refractivity contribution is 6.34. The lowest BCUT2D eigenvalue weighted by atomic mass is 10.1. The maximum absolute atomic E-state index is 13.0. The van der Waals surface area contributed by atoms with Crippen LogP contribution in [0.1, 0.15) is 61.1 Å². The quantitative estimate of drug-likeness (QED) is 0.478. The Morgan fingerprint density at radius 1 is 1.14 bits per heavy atom. The molecule has 4 nitrogen and oxygen atoms in total. The molecule has 0 N–H and O–H groups in total. The molecule has 1 aliphatic rings. The van der Waals surface area contributed by atoms with Crippen molar-refractivity contribution in [2.45, 2.75) is 45.1 Å². The molecule has 2 aromatic rings. The number of unbranched alkanes of at least 4 members (excludes halogenated alkanes) is 4. The van der Waals surface area contributed by atoms with Gasteiger partial charge in [0.05, 0.1) is 30.3 Å². The number of hydrogen-bond donors (Lipinski definition) is 0. The second kappa shape index (κ2) is 11.2. The van der Waals surface area contributed by atoms with E-state index in [1.807, 2.05) is 41.3 Å². The lowest BCUT2D eigenvalue weighted by Crippen LogP contribution is -2.42. The van der Waals surface area contributed by atoms with Gasteiger partial charge in [-0.25, -0.2) is 0 Å². The summed E-state index contributed by atoms with van der Waals surface area (Å²) in [5, 5.41) is 0.432. The number of amides is 1. The van der Waals surface area contributed by atoms with Crippen LogP contribution in [-0.4, -0.2) is 37.1 Å². The first-order chi connectivity index (χ1) is 14.2. The Labute approximate surface area is 178 Å². The van der Waals surface area contributed by atoms with Crippen LogP contribution in [0.3, 0.4) is 0 Å². The topological polar surface area (TPSA) is 38.8 Å². The molecule has 156 valence electrons. The molecule has 3 rings (SSSR count). The summed E-state index contributed by atoms with van der Waals surface area (Å²) in [6, 6.07) is 15.3. The van der Waals surface area contributed by atoms with Crippen LogP contribution >= 0.6 is 11.6 Å². The largest absolute Gasteiger partial charge is 0.494 e. The Morgan fingerprint density at radius 3 is 2.69 bits per heavy atom. The Balaban J connectivity index is 1.56. The third-order valence-corrected chi connectivity index (χ3v) is 5.53. The summed E-state index contributed by atoms with van der Waals surface area (Å²) in [5.41, 5.74) is 1.59. The average Bonchev–Trinajstić information content (AvgIpc) is 2.76. The Bertz CT molecular complexity index is 781. The maximum atomic E-state index is 13.0. The van der Waals surface area contributed by atoms with Gasteiger partial charge >= 0.3 is 0 Å². The number of morpholine rings is 1. The third kappa shape index (κ3) is 6.22. The number of benzene rings is 2. The first kappa shape index (κ1) is 21.7. The fourth-order valence-corrected chi connectivity index (χ4v) is 3.78. The molecule has 1 unspecified atom stereocenters. The molecule has 0 bridgehead atoms. The van der Waals surface area contributed by atoms with Gasteiger partial charge in [-0.3, -0.25) is 4.79 Å². The van der Waals surface area contributed by atoms with Gasteiger partial charge in [0, 0.05) is 6.54 Å². The van der Waals surface area contributed by atoms with Crippen LogP contribution in [0.2, 0.25) is 5.02 Å². The number of nitrogens with zero attached hydrogens (tertiary/aromatic N) is 1. The first-order valence-electron chi connectivity index (χ1n) is 10.6. The van der Waals surface area contributed by atoms with Crippen molar-refractivity contribution >= 4 is 17.5 Å². The number of halogens is 1. The minimum Gasteiger partial charge on any atom is -0.494 e. The van der Waals surface area contributed by atoms with Crippen LogP contribution in [0.5, 0.6) is 5.75 Å². The molecule has 0 aromatic heterocycles. The monoisotopic (exact) mass is 415 g/mol. The van der Waals surface area contributed by atoms with E-state index in [2.05, 4.69) is 6.92 Å². The zero-order valence-corrected chi connectivity index (χ0v) is 17.9. The lowest BCUT2D eigenvalue weighted by Gasteiger charge is -2.33. The Hall–Kier alpha value is -2.04. The zero-order chi connectivity index (χ0) is 20.5. The minimum absolute atomic E-state index is 0.0645. The lowest BCUT2D eigenvalue weighted by molar-refractivity contribution is -0.0228. The van der Waals surface area contributed by atoms with E-state index < -0.39 is 0 Å². The van der Waals surface area contributed by atoms with Crippen molar-refractivity contribution in [1.82, 2.24) is 4.90 Å². The highest BCUT2D eigenvalue weighted by atomic mass is 35.5. The SMILES string of the molecule is CCCCCCCOc1ccc(C(=O)N2CCOC(c3ccccc3)C2)c(Cl)c1. The van der Waals surface area contributed by atoms with Gasteiger partial charge in [-0.2, -0.15) is 0 Å². The van der Waals surface area contributed by atoms with Crippen LogP contribution in [-0.2, 0) is 4.74 Å². The van der Waals surface area contributed by atoms with Gasteiger partial charge in [0.15, 0.2) is 0 Å². The highest BCUT2D eigenvalue weighted by Gasteiger charge is 2.27. The minimum atomic E-state index is -0.108. The summed E-state index contributed by atoms with van der Waals surface area (Å²) in [4.78, 5) is 14.8. The predicted octanol–water partition coefficient (Wildman–Crippen LogP) is 5.90. The maximum Gasteiger partial charge on any atom is 0.255 e. The van der Waals surface area contributed by atoms with Gasteiger partial charge in [-0.1, -0.05) is 74.5 Å². The smallest absolute Gasteiger partial charge is 0.255 e. The van der Waals surface area contributed by atoms with Gasteiger partial charge in [0.25, 0.3) is 5.91 Å². The fourth-order valence-electron chi connectivity index (χ4n) is 3.53. The molecule has 0 saturated carbocycles. The van der Waals surface area contributed by atoms with E-state index in [9.17, 15) is 4.79 Å². The summed E-state index contributed by atoms with van der Waals surface area (Å²) < 4.78 is 11.7. The van der Waals surface area contributed by atoms with Crippen molar-refractivity contribution in [3.05, 3.63) is 64.7 Å². The molecule has 29 heavy (non-hydrogen) atoms. The van der Waals surface area contributed by atoms with E-state index in [0.717, 1.165) is 12.0 Å². The van der Waals surface area contributed by atoms with E-state index in [-0.39, 0.29) is 12.0 Å². The standard InChI is InChI=1S/C24H30ClNO3/c1-2-3-4-5-9-15-28-20-12-13-21(22(25)17-20)24(27)26-14-16-29-23(18-26)19-10-7-6-8-11-19/h6-8,10-13,17,23H,2-5,9,14-16,18H2,1H3. The van der Waals surface area contributed by atoms with E-state index in [4.69, 9.17) is 21.1 Å². The summed E-state index contributed by atoms with van der Waals surface area (Å²) in [6.45, 7) is 4.49. The summed E-state index contributed by atoms with van der Waals surface area (Å²) in [5.74, 6) is 0.650. The molecule has 1 aliphatic heterocycles. The first-order valence-corrected chi connectivity index (χ1v) is 10.9. The van der Waals surface area contributed by atoms with E-state index in [0.29, 0.717) is 42.6 Å². The number of carbonyl (C=O) groups is 1. The molecule has 1 saturated heterocycles. The van der Waals surface area contributed by atoms with Crippen LogP contribution in [0.15, 0.2) is 48.5 Å². The molecule has 1 fully saturated rings. The van der Waals surface area contributed by atoms with Crippen molar-refractivity contribution in [2.24, 2.45) is 0 Å². The molecule has 0 spiro atoms. The zero-order valence-electron chi connectivity index (χ0n) is 17.1. The van der Waals surface area contributed by atoms with Gasteiger partial charge in [-0.05, 0) is 30.2 Å². The second-order valence-electron chi connectivity index (χ2n) is 7.43. The van der Waals surface area contributed by atoms with Crippen molar-refractivity contribution in [2.75, 3.05) is 26.3 Å². The Kier molecular flexibility index (Phi) is 8.38. The van der Waals surface area contributed by atoms with Gasteiger partial charge < -0.3 is 14.4 Å². The molecular weight excluding hydrogens is 386 g/mol. The molecule has 2 aromatic carbocycles. The van der Waals surface area contributed by atoms with Crippen LogP contribution in [0.4, 0.5) is 0 Å². The van der Waals surface area contributed by atoms with Crippen LogP contribution in [0.25, 0.3) is 0 Å². The second-order valence-corrected chi connectivity index (χ2v) is 7.83. The molecule has 1 amide bonds. The van der Waals surface area contributed by atoms with Crippen molar-refractivity contribution in [1.29, 1.82) is 0 Å². The van der Waals surface area contributed by atoms with Crippen molar-refractivity contribution < 1.29 is 14.3 Å². The third-order valence-electron chi connectivity index (χ3n) is 5.21. The molecule has 1 heterocycles. The average molecular weight is 416 g/mol. The number of ether oxygens (including phenoxy) is 2. The van der Waals surface area contributed by atoms with Crippen molar-refractivity contribution in [3.8, 4) is 5.75 Å². The number of rotatable bonds is 9. The number of hydrogen-bond acceptors (Lipinski definition) is 3. The predicted molar refractivity (Wildman–Crippen MR) is 117 cm³/mol. The normalized spacial score (nSPS) is 16.6. The number of carbonyl (C=O) groups excluding carboxylic acids is 1. The molecular formula is C24H30ClNO3. The van der Waals surface area contributed by atoms with E-state index in [1.165, 1.54) is 25.7 Å². The van der Waals surface area contributed by atoms with Gasteiger partial charge in [-0.15, -0.1) is 0 Å². The van der Waals surface area contributed by atoms with E-state index in [1.54, 1.807) is 12.1 Å². The van der Waals surface area contributed by atoms with Crippen LogP contribution in [0, 0.1) is 0 Å². The summed E-state index contributed by atoms with van der Waals surface area (Å²) in [6.07, 6.45) is 5.86. The summed E-state index contributed by atoms with van der Waals surface area (Å²) in [7, 11) is 0. The van der Waals surface area contributed by atoms with Crippen molar-refractivity contribution in [3.63, 3.8) is 0 Å². The van der Waals surface area contributed by atoms with Gasteiger partial charge in [0.2, 0.25) is 0 Å². The molecule has 5 heteroatoms. The molecule has 0 aliphatic carbocycles. The Morgan fingerprint density at radius 2 is 1.93 bits per heavy atom.